The number of benzene rings is 2. The van der Waals surface area contributed by atoms with Crippen molar-refractivity contribution in [1.29, 1.82) is 0 Å². The van der Waals surface area contributed by atoms with E-state index in [9.17, 15) is 23.1 Å². The van der Waals surface area contributed by atoms with Gasteiger partial charge >= 0.3 is 6.03 Å². The number of nitrogens with one attached hydrogen (secondary N) is 2. The standard InChI is InChI=1S/C35H51ClN4O7S/c1-24-21-40(25(2)23-41)34(42)31-20-29(38-35(43)37-28-11-6-5-7-12-28)15-18-32(31)47-26(3)10-8-9-19-46-33(24)22-39(4)48(44,45)30-16-13-27(36)14-17-30/h13-18,20,24-26,28,33,41H,5-12,19,21-23H2,1-4H3,(H2,37,38,43)/t24-,25+,26+,33-/m1/s1. The van der Waals surface area contributed by atoms with E-state index in [1.807, 2.05) is 13.8 Å². The average molecular weight is 707 g/mol. The molecule has 1 fully saturated rings. The maximum atomic E-state index is 14.4. The number of anilines is 1. The van der Waals surface area contributed by atoms with Crippen molar-refractivity contribution in [2.75, 3.05) is 38.7 Å². The summed E-state index contributed by atoms with van der Waals surface area (Å²) in [6.07, 6.45) is 6.75. The summed E-state index contributed by atoms with van der Waals surface area (Å²) in [4.78, 5) is 28.9. The lowest BCUT2D eigenvalue weighted by Crippen LogP contribution is -2.48. The Balaban J connectivity index is 1.60. The number of halogens is 1. The highest BCUT2D eigenvalue weighted by molar-refractivity contribution is 7.89. The maximum absolute atomic E-state index is 14.4. The Morgan fingerprint density at radius 2 is 1.75 bits per heavy atom. The van der Waals surface area contributed by atoms with Crippen molar-refractivity contribution in [3.63, 3.8) is 0 Å². The normalized spacial score (nSPS) is 22.7. The quantitative estimate of drug-likeness (QED) is 0.310. The molecule has 266 valence electrons. The van der Waals surface area contributed by atoms with E-state index in [1.165, 1.54) is 42.0 Å². The molecule has 4 atom stereocenters. The zero-order chi connectivity index (χ0) is 34.8. The number of hydrogen-bond donors (Lipinski definition) is 3. The average Bonchev–Trinajstić information content (AvgIpc) is 3.06. The molecule has 48 heavy (non-hydrogen) atoms. The Morgan fingerprint density at radius 3 is 2.44 bits per heavy atom. The number of aliphatic hydroxyl groups is 1. The third-order valence-electron chi connectivity index (χ3n) is 9.21. The second-order valence-corrected chi connectivity index (χ2v) is 15.7. The number of nitrogens with zero attached hydrogens (tertiary/aromatic N) is 2. The third kappa shape index (κ3) is 10.3. The van der Waals surface area contributed by atoms with Gasteiger partial charge in [0.25, 0.3) is 5.91 Å². The first-order chi connectivity index (χ1) is 22.9. The molecule has 2 aromatic carbocycles. The summed E-state index contributed by atoms with van der Waals surface area (Å²) in [6, 6.07) is 10.3. The van der Waals surface area contributed by atoms with Crippen LogP contribution in [0.1, 0.15) is 82.5 Å². The van der Waals surface area contributed by atoms with Gasteiger partial charge in [0.2, 0.25) is 10.0 Å². The molecule has 0 radical (unpaired) electrons. The fourth-order valence-corrected chi connectivity index (χ4v) is 7.51. The predicted octanol–water partition coefficient (Wildman–Crippen LogP) is 5.91. The summed E-state index contributed by atoms with van der Waals surface area (Å²) < 4.78 is 40.7. The smallest absolute Gasteiger partial charge is 0.319 e. The first kappa shape index (κ1) is 37.9. The Morgan fingerprint density at radius 1 is 1.06 bits per heavy atom. The van der Waals surface area contributed by atoms with Crippen LogP contribution in [-0.4, -0.2) is 92.3 Å². The molecule has 1 saturated carbocycles. The number of ether oxygens (including phenoxy) is 2. The Kier molecular flexibility index (Phi) is 14.0. The third-order valence-corrected chi connectivity index (χ3v) is 11.3. The van der Waals surface area contributed by atoms with E-state index in [0.29, 0.717) is 29.5 Å². The predicted molar refractivity (Wildman–Crippen MR) is 187 cm³/mol. The zero-order valence-corrected chi connectivity index (χ0v) is 30.1. The first-order valence-corrected chi connectivity index (χ1v) is 18.8. The lowest BCUT2D eigenvalue weighted by Gasteiger charge is -2.35. The highest BCUT2D eigenvalue weighted by atomic mass is 35.5. The second-order valence-electron chi connectivity index (χ2n) is 13.2. The first-order valence-electron chi connectivity index (χ1n) is 17.0. The SMILES string of the molecule is C[C@@H]1CN([C@@H](C)CO)C(=O)c2cc(NC(=O)NC3CCCCC3)ccc2O[C@@H](C)CCCCO[C@@H]1CN(C)S(=O)(=O)c1ccc(Cl)cc1. The van der Waals surface area contributed by atoms with E-state index < -0.39 is 22.2 Å². The molecule has 3 N–H and O–H groups in total. The van der Waals surface area contributed by atoms with E-state index in [4.69, 9.17) is 21.1 Å². The van der Waals surface area contributed by atoms with Crippen molar-refractivity contribution in [3.05, 3.63) is 53.1 Å². The number of rotatable bonds is 8. The molecular weight excluding hydrogens is 656 g/mol. The van der Waals surface area contributed by atoms with Gasteiger partial charge in [0.1, 0.15) is 5.75 Å². The van der Waals surface area contributed by atoms with Crippen LogP contribution in [0.5, 0.6) is 5.75 Å². The molecule has 2 aliphatic rings. The van der Waals surface area contributed by atoms with E-state index >= 15 is 0 Å². The number of sulfonamides is 1. The molecule has 1 heterocycles. The van der Waals surface area contributed by atoms with Crippen molar-refractivity contribution in [2.45, 2.75) is 101 Å². The highest BCUT2D eigenvalue weighted by Crippen LogP contribution is 2.29. The summed E-state index contributed by atoms with van der Waals surface area (Å²) in [5.74, 6) is -0.299. The van der Waals surface area contributed by atoms with Gasteiger partial charge < -0.3 is 30.1 Å². The van der Waals surface area contributed by atoms with E-state index in [0.717, 1.165) is 38.5 Å². The minimum atomic E-state index is -3.84. The van der Waals surface area contributed by atoms with Gasteiger partial charge in [0.15, 0.2) is 0 Å². The van der Waals surface area contributed by atoms with Gasteiger partial charge in [-0.2, -0.15) is 4.31 Å². The number of hydrogen-bond acceptors (Lipinski definition) is 7. The van der Waals surface area contributed by atoms with Crippen LogP contribution in [0.2, 0.25) is 5.02 Å². The number of carbonyl (C=O) groups is 2. The summed E-state index contributed by atoms with van der Waals surface area (Å²) in [5.41, 5.74) is 0.717. The lowest BCUT2D eigenvalue weighted by molar-refractivity contribution is -0.00833. The van der Waals surface area contributed by atoms with Crippen molar-refractivity contribution in [1.82, 2.24) is 14.5 Å². The zero-order valence-electron chi connectivity index (χ0n) is 28.5. The van der Waals surface area contributed by atoms with Gasteiger partial charge in [-0.1, -0.05) is 37.8 Å². The molecule has 0 bridgehead atoms. The van der Waals surface area contributed by atoms with Gasteiger partial charge in [0.05, 0.1) is 35.3 Å². The molecule has 13 heteroatoms. The van der Waals surface area contributed by atoms with Crippen molar-refractivity contribution < 1.29 is 32.6 Å². The monoisotopic (exact) mass is 706 g/mol. The van der Waals surface area contributed by atoms with Crippen LogP contribution >= 0.6 is 11.6 Å². The summed E-state index contributed by atoms with van der Waals surface area (Å²) in [6.45, 7) is 5.97. The van der Waals surface area contributed by atoms with Crippen LogP contribution in [0, 0.1) is 5.92 Å². The number of amides is 3. The summed E-state index contributed by atoms with van der Waals surface area (Å²) >= 11 is 5.99. The topological polar surface area (TPSA) is 138 Å². The molecular formula is C35H51ClN4O7S. The Bertz CT molecular complexity index is 1470. The summed E-state index contributed by atoms with van der Waals surface area (Å²) in [5, 5.41) is 16.6. The van der Waals surface area contributed by atoms with E-state index in [2.05, 4.69) is 10.6 Å². The number of aliphatic hydroxyl groups excluding tert-OH is 1. The molecule has 1 aliphatic heterocycles. The largest absolute Gasteiger partial charge is 0.490 e. The molecule has 0 saturated heterocycles. The minimum absolute atomic E-state index is 0.0575. The highest BCUT2D eigenvalue weighted by Gasteiger charge is 2.32. The molecule has 0 spiro atoms. The van der Waals surface area contributed by atoms with Gasteiger partial charge in [-0.3, -0.25) is 4.79 Å². The second kappa shape index (κ2) is 17.7. The fourth-order valence-electron chi connectivity index (χ4n) is 6.20. The van der Waals surface area contributed by atoms with Gasteiger partial charge in [-0.25, -0.2) is 13.2 Å². The van der Waals surface area contributed by atoms with Crippen LogP contribution in [0.4, 0.5) is 10.5 Å². The molecule has 3 amide bonds. The van der Waals surface area contributed by atoms with E-state index in [-0.39, 0.29) is 60.2 Å². The minimum Gasteiger partial charge on any atom is -0.490 e. The van der Waals surface area contributed by atoms with E-state index in [1.54, 1.807) is 30.0 Å². The molecule has 0 aromatic heterocycles. The summed E-state index contributed by atoms with van der Waals surface area (Å²) in [7, 11) is -2.33. The van der Waals surface area contributed by atoms with Gasteiger partial charge in [-0.15, -0.1) is 0 Å². The number of likely N-dealkylation sites (N-methyl/N-ethyl adjacent to an activating group) is 1. The van der Waals surface area contributed by atoms with Crippen LogP contribution in [0.25, 0.3) is 0 Å². The fraction of sp³-hybridized carbons (Fsp3) is 0.600. The molecule has 11 nitrogen and oxygen atoms in total. The lowest BCUT2D eigenvalue weighted by atomic mass is 9.96. The molecule has 0 unspecified atom stereocenters. The number of fused-ring (bicyclic) bond motifs is 1. The molecule has 2 aromatic rings. The van der Waals surface area contributed by atoms with Crippen molar-refractivity contribution in [2.24, 2.45) is 5.92 Å². The number of urea groups is 1. The van der Waals surface area contributed by atoms with Gasteiger partial charge in [-0.05, 0) is 88.4 Å². The maximum Gasteiger partial charge on any atom is 0.319 e. The molecule has 4 rings (SSSR count). The van der Waals surface area contributed by atoms with Crippen molar-refractivity contribution in [3.8, 4) is 5.75 Å². The van der Waals surface area contributed by atoms with Crippen LogP contribution in [0.3, 0.4) is 0 Å². The van der Waals surface area contributed by atoms with Crippen LogP contribution < -0.4 is 15.4 Å². The molecule has 1 aliphatic carbocycles. The van der Waals surface area contributed by atoms with Crippen LogP contribution in [-0.2, 0) is 14.8 Å². The van der Waals surface area contributed by atoms with Crippen LogP contribution in [0.15, 0.2) is 47.4 Å². The number of carbonyl (C=O) groups excluding carboxylic acids is 2. The Labute approximate surface area is 290 Å². The van der Waals surface area contributed by atoms with Gasteiger partial charge in [0, 0.05) is 49.4 Å². The van der Waals surface area contributed by atoms with Crippen molar-refractivity contribution >= 4 is 39.2 Å². The Hall–Kier alpha value is -2.90.